The Morgan fingerprint density at radius 3 is 2.75 bits per heavy atom. The first-order chi connectivity index (χ1) is 7.34. The summed E-state index contributed by atoms with van der Waals surface area (Å²) in [5.74, 6) is -0.990. The van der Waals surface area contributed by atoms with Gasteiger partial charge < -0.3 is 5.11 Å². The number of nitrogens with zero attached hydrogens (tertiary/aromatic N) is 2. The van der Waals surface area contributed by atoms with Gasteiger partial charge in [-0.2, -0.15) is 0 Å². The van der Waals surface area contributed by atoms with Gasteiger partial charge in [-0.15, -0.1) is 0 Å². The molecular formula is C10H12N2O4. The number of hydrogen-bond acceptors (Lipinski definition) is 4. The summed E-state index contributed by atoms with van der Waals surface area (Å²) >= 11 is 0. The van der Waals surface area contributed by atoms with Gasteiger partial charge in [0.25, 0.3) is 5.69 Å². The van der Waals surface area contributed by atoms with Crippen molar-refractivity contribution in [1.82, 2.24) is 4.98 Å². The molecule has 0 aliphatic carbocycles. The monoisotopic (exact) mass is 224 g/mol. The zero-order valence-electron chi connectivity index (χ0n) is 9.01. The van der Waals surface area contributed by atoms with Crippen LogP contribution in [0, 0.1) is 10.1 Å². The summed E-state index contributed by atoms with van der Waals surface area (Å²) in [7, 11) is 0. The van der Waals surface area contributed by atoms with Crippen molar-refractivity contribution in [2.75, 3.05) is 0 Å². The van der Waals surface area contributed by atoms with Crippen molar-refractivity contribution >= 4 is 11.7 Å². The SMILES string of the molecule is CC(C)(CC(=O)O)c1ccncc1[N+](=O)[O-]. The molecule has 6 heteroatoms. The molecule has 0 atom stereocenters. The molecule has 0 unspecified atom stereocenters. The number of aromatic nitrogens is 1. The van der Waals surface area contributed by atoms with Gasteiger partial charge in [0.15, 0.2) is 0 Å². The number of carboxylic acids is 1. The molecule has 0 saturated carbocycles. The molecule has 0 radical (unpaired) electrons. The minimum absolute atomic E-state index is 0.145. The van der Waals surface area contributed by atoms with Crippen molar-refractivity contribution < 1.29 is 14.8 Å². The molecule has 1 N–H and O–H groups in total. The summed E-state index contributed by atoms with van der Waals surface area (Å²) in [6.45, 7) is 3.31. The fourth-order valence-corrected chi connectivity index (χ4v) is 1.58. The van der Waals surface area contributed by atoms with Gasteiger partial charge in [0, 0.05) is 17.2 Å². The van der Waals surface area contributed by atoms with E-state index in [0.717, 1.165) is 6.20 Å². The lowest BCUT2D eigenvalue weighted by atomic mass is 9.81. The minimum Gasteiger partial charge on any atom is -0.481 e. The summed E-state index contributed by atoms with van der Waals surface area (Å²) in [5, 5.41) is 19.5. The number of nitro groups is 1. The normalized spacial score (nSPS) is 11.1. The highest BCUT2D eigenvalue weighted by Crippen LogP contribution is 2.33. The molecule has 6 nitrogen and oxygen atoms in total. The van der Waals surface area contributed by atoms with Gasteiger partial charge in [0.2, 0.25) is 0 Å². The third-order valence-corrected chi connectivity index (χ3v) is 2.32. The summed E-state index contributed by atoms with van der Waals surface area (Å²) < 4.78 is 0. The topological polar surface area (TPSA) is 93.3 Å². The van der Waals surface area contributed by atoms with Gasteiger partial charge in [-0.3, -0.25) is 19.9 Å². The van der Waals surface area contributed by atoms with E-state index in [9.17, 15) is 14.9 Å². The predicted octanol–water partition coefficient (Wildman–Crippen LogP) is 1.74. The number of pyridine rings is 1. The summed E-state index contributed by atoms with van der Waals surface area (Å²) in [6, 6.07) is 1.49. The minimum atomic E-state index is -0.990. The Morgan fingerprint density at radius 2 is 2.25 bits per heavy atom. The predicted molar refractivity (Wildman–Crippen MR) is 56.2 cm³/mol. The van der Waals surface area contributed by atoms with Crippen molar-refractivity contribution in [2.45, 2.75) is 25.7 Å². The number of carbonyl (C=O) groups is 1. The molecule has 1 rings (SSSR count). The van der Waals surface area contributed by atoms with E-state index in [0.29, 0.717) is 5.56 Å². The van der Waals surface area contributed by atoms with Crippen LogP contribution in [-0.2, 0) is 10.2 Å². The van der Waals surface area contributed by atoms with Crippen LogP contribution in [0.4, 0.5) is 5.69 Å². The molecule has 0 amide bonds. The van der Waals surface area contributed by atoms with E-state index in [1.54, 1.807) is 13.8 Å². The van der Waals surface area contributed by atoms with Crippen molar-refractivity contribution in [1.29, 1.82) is 0 Å². The molecule has 16 heavy (non-hydrogen) atoms. The summed E-state index contributed by atoms with van der Waals surface area (Å²) in [4.78, 5) is 24.6. The van der Waals surface area contributed by atoms with Gasteiger partial charge in [-0.25, -0.2) is 0 Å². The van der Waals surface area contributed by atoms with E-state index in [-0.39, 0.29) is 12.1 Å². The summed E-state index contributed by atoms with van der Waals surface area (Å²) in [6.07, 6.45) is 2.39. The van der Waals surface area contributed by atoms with Crippen LogP contribution in [0.2, 0.25) is 0 Å². The third kappa shape index (κ3) is 2.53. The molecule has 1 aromatic heterocycles. The van der Waals surface area contributed by atoms with Gasteiger partial charge in [-0.1, -0.05) is 13.8 Å². The van der Waals surface area contributed by atoms with E-state index in [4.69, 9.17) is 5.11 Å². The second-order valence-corrected chi connectivity index (χ2v) is 4.10. The zero-order valence-corrected chi connectivity index (χ0v) is 9.01. The Balaban J connectivity index is 3.21. The van der Waals surface area contributed by atoms with Crippen molar-refractivity contribution in [3.8, 4) is 0 Å². The second-order valence-electron chi connectivity index (χ2n) is 4.10. The highest BCUT2D eigenvalue weighted by Gasteiger charge is 2.31. The maximum atomic E-state index is 10.8. The summed E-state index contributed by atoms with van der Waals surface area (Å²) in [5.41, 5.74) is -0.555. The van der Waals surface area contributed by atoms with E-state index in [1.165, 1.54) is 12.3 Å². The van der Waals surface area contributed by atoms with Crippen LogP contribution in [0.3, 0.4) is 0 Å². The molecule has 0 aliphatic heterocycles. The molecule has 0 aromatic carbocycles. The van der Waals surface area contributed by atoms with Crippen molar-refractivity contribution in [3.05, 3.63) is 34.1 Å². The Hall–Kier alpha value is -1.98. The van der Waals surface area contributed by atoms with Crippen LogP contribution in [0.5, 0.6) is 0 Å². The molecule has 1 heterocycles. The molecule has 0 spiro atoms. The first-order valence-electron chi connectivity index (χ1n) is 4.65. The number of aliphatic carboxylic acids is 1. The van der Waals surface area contributed by atoms with Crippen molar-refractivity contribution in [2.24, 2.45) is 0 Å². The highest BCUT2D eigenvalue weighted by atomic mass is 16.6. The lowest BCUT2D eigenvalue weighted by molar-refractivity contribution is -0.386. The Morgan fingerprint density at radius 1 is 1.62 bits per heavy atom. The molecule has 86 valence electrons. The molecule has 1 aromatic rings. The second kappa shape index (κ2) is 4.26. The first-order valence-corrected chi connectivity index (χ1v) is 4.65. The Bertz CT molecular complexity index is 429. The Kier molecular flexibility index (Phi) is 3.22. The maximum absolute atomic E-state index is 10.8. The molecular weight excluding hydrogens is 212 g/mol. The maximum Gasteiger partial charge on any atom is 0.304 e. The zero-order chi connectivity index (χ0) is 12.3. The molecule has 0 aliphatic rings. The number of carboxylic acid groups (broad SMARTS) is 1. The first kappa shape index (κ1) is 12.1. The van der Waals surface area contributed by atoms with Crippen LogP contribution >= 0.6 is 0 Å². The third-order valence-electron chi connectivity index (χ3n) is 2.32. The van der Waals surface area contributed by atoms with Crippen LogP contribution in [-0.4, -0.2) is 21.0 Å². The van der Waals surface area contributed by atoms with Crippen LogP contribution in [0.25, 0.3) is 0 Å². The standard InChI is InChI=1S/C10H12N2O4/c1-10(2,5-9(13)14)7-3-4-11-6-8(7)12(15)16/h3-4,6H,5H2,1-2H3,(H,13,14). The van der Waals surface area contributed by atoms with Gasteiger partial charge in [-0.05, 0) is 6.07 Å². The van der Waals surface area contributed by atoms with Crippen LogP contribution in [0.1, 0.15) is 25.8 Å². The average molecular weight is 224 g/mol. The smallest absolute Gasteiger partial charge is 0.304 e. The quantitative estimate of drug-likeness (QED) is 0.621. The average Bonchev–Trinajstić information content (AvgIpc) is 2.15. The fraction of sp³-hybridized carbons (Fsp3) is 0.400. The number of rotatable bonds is 4. The van der Waals surface area contributed by atoms with E-state index >= 15 is 0 Å². The largest absolute Gasteiger partial charge is 0.481 e. The van der Waals surface area contributed by atoms with Gasteiger partial charge >= 0.3 is 5.97 Å². The number of hydrogen-bond donors (Lipinski definition) is 1. The van der Waals surface area contributed by atoms with Crippen molar-refractivity contribution in [3.63, 3.8) is 0 Å². The lowest BCUT2D eigenvalue weighted by Crippen LogP contribution is -2.23. The van der Waals surface area contributed by atoms with E-state index in [1.807, 2.05) is 0 Å². The fourth-order valence-electron chi connectivity index (χ4n) is 1.58. The molecule has 0 saturated heterocycles. The van der Waals surface area contributed by atoms with E-state index < -0.39 is 16.3 Å². The van der Waals surface area contributed by atoms with E-state index in [2.05, 4.69) is 4.98 Å². The van der Waals surface area contributed by atoms with Crippen LogP contribution < -0.4 is 0 Å². The highest BCUT2D eigenvalue weighted by molar-refractivity contribution is 5.69. The molecule has 0 fully saturated rings. The lowest BCUT2D eigenvalue weighted by Gasteiger charge is -2.22. The van der Waals surface area contributed by atoms with Gasteiger partial charge in [0.05, 0.1) is 11.3 Å². The molecule has 0 bridgehead atoms. The van der Waals surface area contributed by atoms with Gasteiger partial charge in [0.1, 0.15) is 6.20 Å². The van der Waals surface area contributed by atoms with Crippen LogP contribution in [0.15, 0.2) is 18.5 Å². The Labute approximate surface area is 92.1 Å².